The summed E-state index contributed by atoms with van der Waals surface area (Å²) in [6.07, 6.45) is 0. The molecule has 1 aromatic heterocycles. The van der Waals surface area contributed by atoms with Crippen molar-refractivity contribution < 1.29 is 22.5 Å². The highest BCUT2D eigenvalue weighted by atomic mass is 32.2. The molecule has 0 radical (unpaired) electrons. The van der Waals surface area contributed by atoms with Crippen LogP contribution in [-0.2, 0) is 32.5 Å². The van der Waals surface area contributed by atoms with Gasteiger partial charge in [0.15, 0.2) is 0 Å². The van der Waals surface area contributed by atoms with Crippen LogP contribution in [0.2, 0.25) is 0 Å². The highest BCUT2D eigenvalue weighted by Crippen LogP contribution is 2.25. The number of nitrogens with zero attached hydrogens (tertiary/aromatic N) is 2. The predicted octanol–water partition coefficient (Wildman–Crippen LogP) is 3.44. The van der Waals surface area contributed by atoms with Gasteiger partial charge >= 0.3 is 5.97 Å². The van der Waals surface area contributed by atoms with Crippen LogP contribution < -0.4 is 4.72 Å². The Kier molecular flexibility index (Phi) is 6.56. The van der Waals surface area contributed by atoms with Crippen molar-refractivity contribution in [2.75, 3.05) is 7.11 Å². The van der Waals surface area contributed by atoms with Crippen molar-refractivity contribution in [2.24, 2.45) is 0 Å². The summed E-state index contributed by atoms with van der Waals surface area (Å²) in [6.45, 7) is 6.28. The van der Waals surface area contributed by atoms with Crippen molar-refractivity contribution in [2.45, 2.75) is 38.5 Å². The minimum absolute atomic E-state index is 0.0405. The fourth-order valence-electron chi connectivity index (χ4n) is 2.86. The van der Waals surface area contributed by atoms with Crippen molar-refractivity contribution in [1.29, 1.82) is 0 Å². The fraction of sp³-hybridized carbons (Fsp3) is 0.318. The van der Waals surface area contributed by atoms with Crippen molar-refractivity contribution in [3.8, 4) is 11.4 Å². The number of esters is 1. The molecule has 0 unspecified atom stereocenters. The molecular weight excluding hydrogens is 418 g/mol. The lowest BCUT2D eigenvalue weighted by atomic mass is 9.87. The molecule has 31 heavy (non-hydrogen) atoms. The van der Waals surface area contributed by atoms with E-state index in [9.17, 15) is 13.2 Å². The molecule has 0 fully saturated rings. The topological polar surface area (TPSA) is 111 Å². The van der Waals surface area contributed by atoms with Gasteiger partial charge in [0.2, 0.25) is 21.7 Å². The zero-order chi connectivity index (χ0) is 22.6. The number of hydrogen-bond acceptors (Lipinski definition) is 7. The van der Waals surface area contributed by atoms with E-state index in [1.807, 2.05) is 24.3 Å². The third kappa shape index (κ3) is 5.99. The van der Waals surface area contributed by atoms with Crippen LogP contribution in [0, 0.1) is 0 Å². The van der Waals surface area contributed by atoms with Gasteiger partial charge in [-0.15, -0.1) is 0 Å². The molecule has 164 valence electrons. The number of sulfonamides is 1. The van der Waals surface area contributed by atoms with E-state index in [-0.39, 0.29) is 23.6 Å². The van der Waals surface area contributed by atoms with Gasteiger partial charge in [-0.3, -0.25) is 0 Å². The second-order valence-electron chi connectivity index (χ2n) is 8.11. The number of benzene rings is 2. The Balaban J connectivity index is 1.61. The summed E-state index contributed by atoms with van der Waals surface area (Å²) < 4.78 is 37.0. The first-order valence-corrected chi connectivity index (χ1v) is 11.3. The molecule has 0 aliphatic carbocycles. The van der Waals surface area contributed by atoms with Crippen LogP contribution in [0.4, 0.5) is 0 Å². The average molecular weight is 444 g/mol. The number of methoxy groups -OCH3 is 1. The molecule has 8 nitrogen and oxygen atoms in total. The summed E-state index contributed by atoms with van der Waals surface area (Å²) in [5.41, 5.74) is 2.90. The SMILES string of the molecule is COC(=O)c1ccc(CS(=O)(=O)NCc2nc(-c3ccc(C(C)(C)C)cc3)no2)cc1. The van der Waals surface area contributed by atoms with Crippen LogP contribution >= 0.6 is 0 Å². The van der Waals surface area contributed by atoms with Gasteiger partial charge in [-0.2, -0.15) is 4.98 Å². The summed E-state index contributed by atoms with van der Waals surface area (Å²) in [5.74, 6) is -0.163. The molecule has 1 heterocycles. The fourth-order valence-corrected chi connectivity index (χ4v) is 3.94. The van der Waals surface area contributed by atoms with E-state index in [0.717, 1.165) is 5.56 Å². The number of nitrogens with one attached hydrogen (secondary N) is 1. The second-order valence-corrected chi connectivity index (χ2v) is 9.91. The highest BCUT2D eigenvalue weighted by Gasteiger charge is 2.17. The van der Waals surface area contributed by atoms with Crippen LogP contribution in [-0.4, -0.2) is 31.6 Å². The van der Waals surface area contributed by atoms with Gasteiger partial charge in [0.25, 0.3) is 0 Å². The summed E-state index contributed by atoms with van der Waals surface area (Å²) in [6, 6.07) is 14.0. The summed E-state index contributed by atoms with van der Waals surface area (Å²) in [7, 11) is -2.36. The van der Waals surface area contributed by atoms with Gasteiger partial charge < -0.3 is 9.26 Å². The van der Waals surface area contributed by atoms with E-state index >= 15 is 0 Å². The van der Waals surface area contributed by atoms with Crippen LogP contribution in [0.5, 0.6) is 0 Å². The predicted molar refractivity (Wildman–Crippen MR) is 116 cm³/mol. The zero-order valence-electron chi connectivity index (χ0n) is 17.9. The minimum atomic E-state index is -3.64. The number of aromatic nitrogens is 2. The minimum Gasteiger partial charge on any atom is -0.465 e. The Bertz CT molecular complexity index is 1150. The molecule has 0 bridgehead atoms. The van der Waals surface area contributed by atoms with Crippen LogP contribution in [0.3, 0.4) is 0 Å². The molecule has 0 aliphatic heterocycles. The first kappa shape index (κ1) is 22.6. The van der Waals surface area contributed by atoms with E-state index in [1.54, 1.807) is 12.1 Å². The van der Waals surface area contributed by atoms with E-state index in [0.29, 0.717) is 17.0 Å². The monoisotopic (exact) mass is 443 g/mol. The van der Waals surface area contributed by atoms with Crippen molar-refractivity contribution in [1.82, 2.24) is 14.9 Å². The molecule has 3 aromatic rings. The van der Waals surface area contributed by atoms with E-state index < -0.39 is 16.0 Å². The first-order chi connectivity index (χ1) is 14.6. The highest BCUT2D eigenvalue weighted by molar-refractivity contribution is 7.88. The second kappa shape index (κ2) is 8.99. The van der Waals surface area contributed by atoms with Gasteiger partial charge in [-0.1, -0.05) is 62.3 Å². The third-order valence-electron chi connectivity index (χ3n) is 4.65. The molecular formula is C22H25N3O5S. The Morgan fingerprint density at radius 1 is 1.06 bits per heavy atom. The van der Waals surface area contributed by atoms with E-state index in [4.69, 9.17) is 4.52 Å². The van der Waals surface area contributed by atoms with Crippen molar-refractivity contribution in [3.63, 3.8) is 0 Å². The molecule has 0 aliphatic rings. The van der Waals surface area contributed by atoms with Gasteiger partial charge in [-0.05, 0) is 28.7 Å². The Labute approximate surface area is 181 Å². The normalized spacial score (nSPS) is 12.0. The molecule has 2 aromatic carbocycles. The number of carbonyl (C=O) groups excluding carboxylic acids is 1. The maximum atomic E-state index is 12.4. The number of hydrogen-bond donors (Lipinski definition) is 1. The smallest absolute Gasteiger partial charge is 0.337 e. The molecule has 0 saturated carbocycles. The van der Waals surface area contributed by atoms with Gasteiger partial charge in [0, 0.05) is 5.56 Å². The third-order valence-corrected chi connectivity index (χ3v) is 5.95. The Morgan fingerprint density at radius 3 is 2.29 bits per heavy atom. The number of rotatable bonds is 7. The summed E-state index contributed by atoms with van der Waals surface area (Å²) in [5, 5.41) is 3.93. The van der Waals surface area contributed by atoms with Crippen LogP contribution in [0.1, 0.15) is 48.1 Å². The Hall–Kier alpha value is -3.04. The van der Waals surface area contributed by atoms with E-state index in [1.165, 1.54) is 24.8 Å². The Morgan fingerprint density at radius 2 is 1.71 bits per heavy atom. The van der Waals surface area contributed by atoms with Gasteiger partial charge in [-0.25, -0.2) is 17.9 Å². The van der Waals surface area contributed by atoms with E-state index in [2.05, 4.69) is 40.4 Å². The maximum Gasteiger partial charge on any atom is 0.337 e. The molecule has 0 atom stereocenters. The standard InChI is InChI=1S/C22H25N3O5S/c1-22(2,3)18-11-9-16(10-12-18)20-24-19(30-25-20)13-23-31(27,28)14-15-5-7-17(8-6-15)21(26)29-4/h5-12,23H,13-14H2,1-4H3. The largest absolute Gasteiger partial charge is 0.465 e. The van der Waals surface area contributed by atoms with Crippen molar-refractivity contribution >= 4 is 16.0 Å². The molecule has 0 spiro atoms. The van der Waals surface area contributed by atoms with Crippen LogP contribution in [0.25, 0.3) is 11.4 Å². The molecule has 0 saturated heterocycles. The lowest BCUT2D eigenvalue weighted by molar-refractivity contribution is 0.0600. The first-order valence-electron chi connectivity index (χ1n) is 9.65. The summed E-state index contributed by atoms with van der Waals surface area (Å²) in [4.78, 5) is 15.7. The molecule has 9 heteroatoms. The van der Waals surface area contributed by atoms with Gasteiger partial charge in [0.05, 0.1) is 25.0 Å². The number of carbonyl (C=O) groups is 1. The average Bonchev–Trinajstić information content (AvgIpc) is 3.21. The lowest BCUT2D eigenvalue weighted by Gasteiger charge is -2.18. The number of ether oxygens (including phenoxy) is 1. The maximum absolute atomic E-state index is 12.4. The summed E-state index contributed by atoms with van der Waals surface area (Å²) >= 11 is 0. The van der Waals surface area contributed by atoms with Gasteiger partial charge in [0.1, 0.15) is 0 Å². The molecule has 1 N–H and O–H groups in total. The quantitative estimate of drug-likeness (QED) is 0.557. The van der Waals surface area contributed by atoms with Crippen LogP contribution in [0.15, 0.2) is 53.1 Å². The molecule has 0 amide bonds. The van der Waals surface area contributed by atoms with Crippen molar-refractivity contribution in [3.05, 3.63) is 71.1 Å². The molecule has 3 rings (SSSR count). The lowest BCUT2D eigenvalue weighted by Crippen LogP contribution is -2.24. The zero-order valence-corrected chi connectivity index (χ0v) is 18.7.